The van der Waals surface area contributed by atoms with Crippen LogP contribution in [0.1, 0.15) is 37.2 Å². The molecule has 1 unspecified atom stereocenters. The first-order chi connectivity index (χ1) is 13.3. The summed E-state index contributed by atoms with van der Waals surface area (Å²) in [6.07, 6.45) is 0.665. The zero-order valence-electron chi connectivity index (χ0n) is 15.2. The molecular weight excluding hydrogens is 368 g/mol. The number of carboxylic acids is 1. The topological polar surface area (TPSA) is 98.2 Å². The summed E-state index contributed by atoms with van der Waals surface area (Å²) in [6.45, 7) is 1.62. The van der Waals surface area contributed by atoms with E-state index in [9.17, 15) is 18.4 Å². The number of hydrogen-bond donors (Lipinski definition) is 2. The van der Waals surface area contributed by atoms with E-state index in [0.717, 1.165) is 16.7 Å². The van der Waals surface area contributed by atoms with Gasteiger partial charge in [-0.25, -0.2) is 13.8 Å². The first-order valence-electron chi connectivity index (χ1n) is 8.76. The number of halogens is 2. The van der Waals surface area contributed by atoms with Crippen LogP contribution in [0.15, 0.2) is 41.2 Å². The van der Waals surface area contributed by atoms with E-state index < -0.39 is 29.2 Å². The fourth-order valence-corrected chi connectivity index (χ4v) is 3.18. The van der Waals surface area contributed by atoms with Crippen molar-refractivity contribution >= 4 is 16.9 Å². The summed E-state index contributed by atoms with van der Waals surface area (Å²) in [6, 6.07) is 7.22. The summed E-state index contributed by atoms with van der Waals surface area (Å²) in [5.74, 6) is -2.41. The molecule has 0 radical (unpaired) electrons. The fraction of sp³-hybridized carbons (Fsp3) is 0.250. The Morgan fingerprint density at radius 1 is 1.25 bits per heavy atom. The number of carbonyl (C=O) groups is 1. The van der Waals surface area contributed by atoms with Crippen LogP contribution < -0.4 is 11.3 Å². The van der Waals surface area contributed by atoms with E-state index in [1.807, 2.05) is 0 Å². The van der Waals surface area contributed by atoms with Gasteiger partial charge in [-0.2, -0.15) is 0 Å². The van der Waals surface area contributed by atoms with Gasteiger partial charge in [0.25, 0.3) is 5.56 Å². The van der Waals surface area contributed by atoms with E-state index in [2.05, 4.69) is 4.98 Å². The predicted octanol–water partition coefficient (Wildman–Crippen LogP) is 3.09. The lowest BCUT2D eigenvalue weighted by Gasteiger charge is -2.17. The van der Waals surface area contributed by atoms with Crippen LogP contribution in [-0.2, 0) is 11.2 Å². The smallest absolute Gasteiger partial charge is 0.303 e. The van der Waals surface area contributed by atoms with Crippen LogP contribution >= 0.6 is 0 Å². The summed E-state index contributed by atoms with van der Waals surface area (Å²) < 4.78 is 28.6. The lowest BCUT2D eigenvalue weighted by Crippen LogP contribution is -2.28. The number of rotatable bonds is 6. The lowest BCUT2D eigenvalue weighted by atomic mass is 10.0. The second kappa shape index (κ2) is 7.85. The van der Waals surface area contributed by atoms with Gasteiger partial charge in [0.2, 0.25) is 0 Å². The molecule has 8 heteroatoms. The normalized spacial score (nSPS) is 12.3. The molecule has 0 fully saturated rings. The Morgan fingerprint density at radius 2 is 1.93 bits per heavy atom. The van der Waals surface area contributed by atoms with Gasteiger partial charge in [0.1, 0.15) is 17.5 Å². The van der Waals surface area contributed by atoms with Gasteiger partial charge in [0.15, 0.2) is 0 Å². The van der Waals surface area contributed by atoms with Crippen molar-refractivity contribution in [3.05, 3.63) is 69.8 Å². The van der Waals surface area contributed by atoms with E-state index in [0.29, 0.717) is 30.0 Å². The number of carboxylic acid groups (broad SMARTS) is 1. The van der Waals surface area contributed by atoms with Crippen molar-refractivity contribution in [3.8, 4) is 5.69 Å². The molecule has 3 aromatic rings. The van der Waals surface area contributed by atoms with Crippen molar-refractivity contribution in [3.63, 3.8) is 0 Å². The highest BCUT2D eigenvalue weighted by Gasteiger charge is 2.18. The average Bonchev–Trinajstić information content (AvgIpc) is 2.60. The largest absolute Gasteiger partial charge is 0.481 e. The highest BCUT2D eigenvalue weighted by Crippen LogP contribution is 2.21. The number of benzene rings is 2. The van der Waals surface area contributed by atoms with Crippen LogP contribution in [0.2, 0.25) is 0 Å². The molecule has 146 valence electrons. The van der Waals surface area contributed by atoms with Crippen molar-refractivity contribution in [2.45, 2.75) is 32.2 Å². The summed E-state index contributed by atoms with van der Waals surface area (Å²) in [5.41, 5.74) is 6.47. The van der Waals surface area contributed by atoms with Crippen molar-refractivity contribution in [2.24, 2.45) is 5.73 Å². The Kier molecular flexibility index (Phi) is 5.51. The van der Waals surface area contributed by atoms with Crippen molar-refractivity contribution < 1.29 is 18.7 Å². The molecule has 0 bridgehead atoms. The minimum Gasteiger partial charge on any atom is -0.481 e. The van der Waals surface area contributed by atoms with E-state index in [1.54, 1.807) is 25.1 Å². The Balaban J connectivity index is 2.27. The number of aromatic nitrogens is 2. The maximum absolute atomic E-state index is 13.8. The Bertz CT molecular complexity index is 1090. The molecule has 2 aromatic carbocycles. The van der Waals surface area contributed by atoms with Crippen molar-refractivity contribution in [2.75, 3.05) is 0 Å². The third-order valence-corrected chi connectivity index (χ3v) is 4.36. The number of fused-ring (bicyclic) bond motifs is 1. The summed E-state index contributed by atoms with van der Waals surface area (Å²) in [4.78, 5) is 28.5. The molecule has 0 saturated heterocycles. The predicted molar refractivity (Wildman–Crippen MR) is 100 cm³/mol. The Labute approximate surface area is 159 Å². The first-order valence-corrected chi connectivity index (χ1v) is 8.76. The van der Waals surface area contributed by atoms with Gasteiger partial charge < -0.3 is 10.8 Å². The van der Waals surface area contributed by atoms with E-state index in [1.165, 1.54) is 0 Å². The highest BCUT2D eigenvalue weighted by molar-refractivity contribution is 5.82. The maximum atomic E-state index is 13.8. The SMILES string of the molecule is CC(N)c1nc2cccc(CCCC(=O)O)c2c(=O)n1-c1cc(F)cc(F)c1. The first kappa shape index (κ1) is 19.6. The molecule has 0 amide bonds. The molecule has 3 rings (SSSR count). The number of aryl methyl sites for hydroxylation is 1. The van der Waals surface area contributed by atoms with E-state index >= 15 is 0 Å². The van der Waals surface area contributed by atoms with Crippen molar-refractivity contribution in [1.29, 1.82) is 0 Å². The minimum atomic E-state index is -0.926. The van der Waals surface area contributed by atoms with Gasteiger partial charge in [-0.15, -0.1) is 0 Å². The quantitative estimate of drug-likeness (QED) is 0.677. The molecule has 28 heavy (non-hydrogen) atoms. The molecule has 1 aromatic heterocycles. The summed E-state index contributed by atoms with van der Waals surface area (Å²) >= 11 is 0. The molecule has 1 atom stereocenters. The monoisotopic (exact) mass is 387 g/mol. The van der Waals surface area contributed by atoms with Gasteiger partial charge in [0.05, 0.1) is 22.6 Å². The van der Waals surface area contributed by atoms with Crippen LogP contribution in [0.3, 0.4) is 0 Å². The van der Waals surface area contributed by atoms with Gasteiger partial charge in [-0.1, -0.05) is 12.1 Å². The zero-order chi connectivity index (χ0) is 20.4. The van der Waals surface area contributed by atoms with Crippen LogP contribution in [0.25, 0.3) is 16.6 Å². The standard InChI is InChI=1S/C20H19F2N3O3/c1-11(23)19-24-16-6-2-4-12(5-3-7-17(26)27)18(16)20(28)25(19)15-9-13(21)8-14(22)10-15/h2,4,6,8-11H,3,5,7,23H2,1H3,(H,26,27). The lowest BCUT2D eigenvalue weighted by molar-refractivity contribution is -0.137. The van der Waals surface area contributed by atoms with Crippen LogP contribution in [0.4, 0.5) is 8.78 Å². The van der Waals surface area contributed by atoms with E-state index in [-0.39, 0.29) is 23.3 Å². The molecule has 0 saturated carbocycles. The summed E-state index contributed by atoms with van der Waals surface area (Å²) in [5, 5.41) is 9.12. The molecule has 0 aliphatic heterocycles. The minimum absolute atomic E-state index is 0.00969. The molecule has 6 nitrogen and oxygen atoms in total. The second-order valence-electron chi connectivity index (χ2n) is 6.59. The third-order valence-electron chi connectivity index (χ3n) is 4.36. The van der Waals surface area contributed by atoms with Gasteiger partial charge >= 0.3 is 5.97 Å². The average molecular weight is 387 g/mol. The second-order valence-corrected chi connectivity index (χ2v) is 6.59. The maximum Gasteiger partial charge on any atom is 0.303 e. The fourth-order valence-electron chi connectivity index (χ4n) is 3.18. The van der Waals surface area contributed by atoms with Crippen LogP contribution in [-0.4, -0.2) is 20.6 Å². The Hall–Kier alpha value is -3.13. The molecule has 0 aliphatic carbocycles. The van der Waals surface area contributed by atoms with Crippen LogP contribution in [0.5, 0.6) is 0 Å². The van der Waals surface area contributed by atoms with Crippen LogP contribution in [0, 0.1) is 11.6 Å². The third kappa shape index (κ3) is 3.91. The highest BCUT2D eigenvalue weighted by atomic mass is 19.1. The number of aliphatic carboxylic acids is 1. The number of nitrogens with zero attached hydrogens (tertiary/aromatic N) is 2. The molecular formula is C20H19F2N3O3. The van der Waals surface area contributed by atoms with Gasteiger partial charge in [-0.05, 0) is 43.5 Å². The molecule has 3 N–H and O–H groups in total. The Morgan fingerprint density at radius 3 is 2.54 bits per heavy atom. The van der Waals surface area contributed by atoms with Gasteiger partial charge in [0, 0.05) is 12.5 Å². The zero-order valence-corrected chi connectivity index (χ0v) is 15.2. The molecule has 1 heterocycles. The number of hydrogen-bond acceptors (Lipinski definition) is 4. The number of nitrogens with two attached hydrogens (primary N) is 1. The molecule has 0 aliphatic rings. The van der Waals surface area contributed by atoms with E-state index in [4.69, 9.17) is 10.8 Å². The van der Waals surface area contributed by atoms with Crippen molar-refractivity contribution in [1.82, 2.24) is 9.55 Å². The summed E-state index contributed by atoms with van der Waals surface area (Å²) in [7, 11) is 0. The van der Waals surface area contributed by atoms with Gasteiger partial charge in [-0.3, -0.25) is 14.2 Å². The molecule has 0 spiro atoms.